The third-order valence-electron chi connectivity index (χ3n) is 3.31. The molecule has 4 heteroatoms. The standard InChI is InChI=1S/C17H20ClNO2/c1-4-19-11-13-9-16(20-2)17(21-3)10-15(13)12-6-5-7-14(18)8-12/h5-10,19H,4,11H2,1-3H3. The molecule has 0 atom stereocenters. The summed E-state index contributed by atoms with van der Waals surface area (Å²) in [6.45, 7) is 3.75. The lowest BCUT2D eigenvalue weighted by atomic mass is 9.98. The first-order valence-corrected chi connectivity index (χ1v) is 7.29. The summed E-state index contributed by atoms with van der Waals surface area (Å²) in [5, 5.41) is 4.07. The highest BCUT2D eigenvalue weighted by molar-refractivity contribution is 6.30. The van der Waals surface area contributed by atoms with Crippen LogP contribution in [0.5, 0.6) is 11.5 Å². The molecule has 2 aromatic rings. The Morgan fingerprint density at radius 3 is 2.38 bits per heavy atom. The van der Waals surface area contributed by atoms with Crippen molar-refractivity contribution in [3.63, 3.8) is 0 Å². The van der Waals surface area contributed by atoms with Gasteiger partial charge in [0.2, 0.25) is 0 Å². The zero-order valence-corrected chi connectivity index (χ0v) is 13.3. The van der Waals surface area contributed by atoms with Crippen molar-refractivity contribution in [2.24, 2.45) is 0 Å². The molecule has 0 aliphatic rings. The van der Waals surface area contributed by atoms with Crippen molar-refractivity contribution >= 4 is 11.6 Å². The van der Waals surface area contributed by atoms with Crippen LogP contribution in [0.1, 0.15) is 12.5 Å². The van der Waals surface area contributed by atoms with Crippen LogP contribution in [0.3, 0.4) is 0 Å². The minimum absolute atomic E-state index is 0.715. The Bertz CT molecular complexity index is 614. The Morgan fingerprint density at radius 1 is 1.05 bits per heavy atom. The number of rotatable bonds is 6. The summed E-state index contributed by atoms with van der Waals surface area (Å²) in [5.74, 6) is 1.45. The van der Waals surface area contributed by atoms with E-state index in [2.05, 4.69) is 12.2 Å². The minimum atomic E-state index is 0.715. The summed E-state index contributed by atoms with van der Waals surface area (Å²) >= 11 is 6.11. The van der Waals surface area contributed by atoms with Gasteiger partial charge in [-0.3, -0.25) is 0 Å². The van der Waals surface area contributed by atoms with Gasteiger partial charge in [0, 0.05) is 11.6 Å². The van der Waals surface area contributed by atoms with Crippen molar-refractivity contribution in [3.05, 3.63) is 47.0 Å². The first-order chi connectivity index (χ1) is 10.2. The zero-order valence-electron chi connectivity index (χ0n) is 12.6. The number of benzene rings is 2. The van der Waals surface area contributed by atoms with Gasteiger partial charge in [-0.25, -0.2) is 0 Å². The van der Waals surface area contributed by atoms with Crippen molar-refractivity contribution in [1.29, 1.82) is 0 Å². The van der Waals surface area contributed by atoms with Crippen LogP contribution in [0.4, 0.5) is 0 Å². The number of halogens is 1. The van der Waals surface area contributed by atoms with Crippen molar-refractivity contribution in [3.8, 4) is 22.6 Å². The van der Waals surface area contributed by atoms with E-state index in [0.717, 1.165) is 40.6 Å². The second-order valence-corrected chi connectivity index (χ2v) is 5.09. The largest absolute Gasteiger partial charge is 0.493 e. The summed E-state index contributed by atoms with van der Waals surface area (Å²) in [7, 11) is 3.29. The van der Waals surface area contributed by atoms with E-state index in [1.165, 1.54) is 0 Å². The van der Waals surface area contributed by atoms with Crippen LogP contribution in [-0.4, -0.2) is 20.8 Å². The summed E-state index contributed by atoms with van der Waals surface area (Å²) in [4.78, 5) is 0. The van der Waals surface area contributed by atoms with Gasteiger partial charge in [-0.2, -0.15) is 0 Å². The second-order valence-electron chi connectivity index (χ2n) is 4.66. The van der Waals surface area contributed by atoms with E-state index in [4.69, 9.17) is 21.1 Å². The quantitative estimate of drug-likeness (QED) is 0.870. The van der Waals surface area contributed by atoms with Crippen LogP contribution in [0, 0.1) is 0 Å². The van der Waals surface area contributed by atoms with Crippen LogP contribution >= 0.6 is 11.6 Å². The highest BCUT2D eigenvalue weighted by atomic mass is 35.5. The van der Waals surface area contributed by atoms with E-state index in [1.807, 2.05) is 36.4 Å². The van der Waals surface area contributed by atoms with E-state index in [1.54, 1.807) is 14.2 Å². The predicted octanol–water partition coefficient (Wildman–Crippen LogP) is 4.13. The van der Waals surface area contributed by atoms with Crippen LogP contribution in [0.15, 0.2) is 36.4 Å². The number of hydrogen-bond donors (Lipinski definition) is 1. The molecular formula is C17H20ClNO2. The normalized spacial score (nSPS) is 10.5. The topological polar surface area (TPSA) is 30.5 Å². The summed E-state index contributed by atoms with van der Waals surface area (Å²) in [6.07, 6.45) is 0. The molecule has 112 valence electrons. The molecule has 0 radical (unpaired) electrons. The van der Waals surface area contributed by atoms with Gasteiger partial charge in [0.05, 0.1) is 14.2 Å². The maximum absolute atomic E-state index is 6.11. The number of ether oxygens (including phenoxy) is 2. The lowest BCUT2D eigenvalue weighted by molar-refractivity contribution is 0.354. The molecule has 0 heterocycles. The van der Waals surface area contributed by atoms with Crippen molar-refractivity contribution < 1.29 is 9.47 Å². The third-order valence-corrected chi connectivity index (χ3v) is 3.55. The van der Waals surface area contributed by atoms with Gasteiger partial charge in [0.15, 0.2) is 11.5 Å². The zero-order chi connectivity index (χ0) is 15.2. The molecule has 0 aromatic heterocycles. The van der Waals surface area contributed by atoms with Gasteiger partial charge < -0.3 is 14.8 Å². The molecule has 2 aromatic carbocycles. The van der Waals surface area contributed by atoms with E-state index in [-0.39, 0.29) is 0 Å². The Hall–Kier alpha value is -1.71. The highest BCUT2D eigenvalue weighted by Crippen LogP contribution is 2.36. The van der Waals surface area contributed by atoms with Gasteiger partial charge in [-0.05, 0) is 47.5 Å². The van der Waals surface area contributed by atoms with Crippen LogP contribution < -0.4 is 14.8 Å². The van der Waals surface area contributed by atoms with E-state index in [0.29, 0.717) is 5.75 Å². The SMILES string of the molecule is CCNCc1cc(OC)c(OC)cc1-c1cccc(Cl)c1. The summed E-state index contributed by atoms with van der Waals surface area (Å²) in [5.41, 5.74) is 3.31. The Labute approximate surface area is 130 Å². The smallest absolute Gasteiger partial charge is 0.161 e. The average Bonchev–Trinajstić information content (AvgIpc) is 2.52. The fourth-order valence-electron chi connectivity index (χ4n) is 2.25. The molecule has 3 nitrogen and oxygen atoms in total. The highest BCUT2D eigenvalue weighted by Gasteiger charge is 2.12. The lowest BCUT2D eigenvalue weighted by Gasteiger charge is -2.15. The molecule has 0 fully saturated rings. The number of hydrogen-bond acceptors (Lipinski definition) is 3. The van der Waals surface area contributed by atoms with Crippen molar-refractivity contribution in [1.82, 2.24) is 5.32 Å². The molecule has 0 amide bonds. The number of methoxy groups -OCH3 is 2. The van der Waals surface area contributed by atoms with Gasteiger partial charge in [0.25, 0.3) is 0 Å². The van der Waals surface area contributed by atoms with Gasteiger partial charge >= 0.3 is 0 Å². The lowest BCUT2D eigenvalue weighted by Crippen LogP contribution is -2.12. The molecule has 21 heavy (non-hydrogen) atoms. The van der Waals surface area contributed by atoms with Crippen LogP contribution in [0.2, 0.25) is 5.02 Å². The second kappa shape index (κ2) is 7.34. The first kappa shape index (κ1) is 15.7. The molecule has 0 aliphatic carbocycles. The molecule has 0 saturated heterocycles. The van der Waals surface area contributed by atoms with Crippen LogP contribution in [-0.2, 0) is 6.54 Å². The Kier molecular flexibility index (Phi) is 5.48. The van der Waals surface area contributed by atoms with Crippen LogP contribution in [0.25, 0.3) is 11.1 Å². The molecule has 0 spiro atoms. The first-order valence-electron chi connectivity index (χ1n) is 6.91. The van der Waals surface area contributed by atoms with Crippen molar-refractivity contribution in [2.45, 2.75) is 13.5 Å². The molecule has 0 unspecified atom stereocenters. The molecule has 0 bridgehead atoms. The molecule has 0 saturated carbocycles. The fraction of sp³-hybridized carbons (Fsp3) is 0.294. The number of nitrogens with one attached hydrogen (secondary N) is 1. The van der Waals surface area contributed by atoms with Gasteiger partial charge in [-0.1, -0.05) is 30.7 Å². The maximum Gasteiger partial charge on any atom is 0.161 e. The van der Waals surface area contributed by atoms with E-state index in [9.17, 15) is 0 Å². The van der Waals surface area contributed by atoms with Gasteiger partial charge in [-0.15, -0.1) is 0 Å². The van der Waals surface area contributed by atoms with E-state index < -0.39 is 0 Å². The minimum Gasteiger partial charge on any atom is -0.493 e. The fourth-order valence-corrected chi connectivity index (χ4v) is 2.44. The van der Waals surface area contributed by atoms with E-state index >= 15 is 0 Å². The molecular weight excluding hydrogens is 286 g/mol. The average molecular weight is 306 g/mol. The molecule has 0 aliphatic heterocycles. The summed E-state index contributed by atoms with van der Waals surface area (Å²) < 4.78 is 10.8. The summed E-state index contributed by atoms with van der Waals surface area (Å²) in [6, 6.07) is 11.8. The molecule has 2 rings (SSSR count). The Balaban J connectivity index is 2.55. The predicted molar refractivity (Wildman–Crippen MR) is 87.4 cm³/mol. The van der Waals surface area contributed by atoms with Gasteiger partial charge in [0.1, 0.15) is 0 Å². The van der Waals surface area contributed by atoms with Crippen molar-refractivity contribution in [2.75, 3.05) is 20.8 Å². The Morgan fingerprint density at radius 2 is 1.76 bits per heavy atom. The maximum atomic E-state index is 6.11. The third kappa shape index (κ3) is 3.69. The monoisotopic (exact) mass is 305 g/mol. The molecule has 1 N–H and O–H groups in total.